The maximum atomic E-state index is 12.9. The number of carbonyl (C=O) groups excluding carboxylic acids is 2. The SMILES string of the molecule is CCOC(=O)C1(c2ccccc2)CCN(CC(=O)Nc2ccc(Oc3ccccc3)cc2)CC1. The molecule has 3 aromatic carbocycles. The van der Waals surface area contributed by atoms with Crippen molar-refractivity contribution in [3.05, 3.63) is 90.5 Å². The van der Waals surface area contributed by atoms with Crippen molar-refractivity contribution >= 4 is 17.6 Å². The molecule has 3 aromatic rings. The van der Waals surface area contributed by atoms with Crippen molar-refractivity contribution in [2.45, 2.75) is 25.2 Å². The maximum absolute atomic E-state index is 12.9. The molecule has 1 fully saturated rings. The molecule has 0 spiro atoms. The zero-order chi connectivity index (χ0) is 23.8. The van der Waals surface area contributed by atoms with Gasteiger partial charge in [0.2, 0.25) is 5.91 Å². The summed E-state index contributed by atoms with van der Waals surface area (Å²) < 4.78 is 11.2. The van der Waals surface area contributed by atoms with Gasteiger partial charge in [-0.2, -0.15) is 0 Å². The lowest BCUT2D eigenvalue weighted by atomic mass is 9.72. The van der Waals surface area contributed by atoms with E-state index >= 15 is 0 Å². The van der Waals surface area contributed by atoms with Gasteiger partial charge in [-0.15, -0.1) is 0 Å². The minimum absolute atomic E-state index is 0.0833. The van der Waals surface area contributed by atoms with Crippen LogP contribution in [0.25, 0.3) is 0 Å². The molecule has 1 aliphatic rings. The number of benzene rings is 3. The number of ether oxygens (including phenoxy) is 2. The minimum atomic E-state index is -0.654. The quantitative estimate of drug-likeness (QED) is 0.481. The third kappa shape index (κ3) is 5.64. The van der Waals surface area contributed by atoms with Gasteiger partial charge in [0.25, 0.3) is 0 Å². The summed E-state index contributed by atoms with van der Waals surface area (Å²) in [6.07, 6.45) is 1.24. The summed E-state index contributed by atoms with van der Waals surface area (Å²) in [5, 5.41) is 2.95. The van der Waals surface area contributed by atoms with Crippen LogP contribution in [0.4, 0.5) is 5.69 Å². The summed E-state index contributed by atoms with van der Waals surface area (Å²) in [6, 6.07) is 26.7. The third-order valence-electron chi connectivity index (χ3n) is 6.19. The monoisotopic (exact) mass is 458 g/mol. The average molecular weight is 459 g/mol. The summed E-state index contributed by atoms with van der Waals surface area (Å²) >= 11 is 0. The van der Waals surface area contributed by atoms with Gasteiger partial charge < -0.3 is 14.8 Å². The molecule has 0 saturated carbocycles. The fourth-order valence-corrected chi connectivity index (χ4v) is 4.36. The number of amides is 1. The Morgan fingerprint density at radius 1 is 0.853 bits per heavy atom. The predicted molar refractivity (Wildman–Crippen MR) is 132 cm³/mol. The van der Waals surface area contributed by atoms with Crippen LogP contribution in [-0.4, -0.2) is 43.0 Å². The van der Waals surface area contributed by atoms with Crippen molar-refractivity contribution < 1.29 is 19.1 Å². The Hall–Kier alpha value is -3.64. The van der Waals surface area contributed by atoms with Crippen molar-refractivity contribution in [2.24, 2.45) is 0 Å². The Balaban J connectivity index is 1.32. The largest absolute Gasteiger partial charge is 0.465 e. The van der Waals surface area contributed by atoms with Gasteiger partial charge in [0.05, 0.1) is 18.6 Å². The second kappa shape index (κ2) is 11.0. The summed E-state index contributed by atoms with van der Waals surface area (Å²) in [4.78, 5) is 27.6. The molecular weight excluding hydrogens is 428 g/mol. The van der Waals surface area contributed by atoms with Crippen LogP contribution < -0.4 is 10.1 Å². The highest BCUT2D eigenvalue weighted by molar-refractivity contribution is 5.92. The van der Waals surface area contributed by atoms with E-state index in [4.69, 9.17) is 9.47 Å². The van der Waals surface area contributed by atoms with Gasteiger partial charge in [0, 0.05) is 18.8 Å². The van der Waals surface area contributed by atoms with Crippen LogP contribution in [0.5, 0.6) is 11.5 Å². The summed E-state index contributed by atoms with van der Waals surface area (Å²) in [7, 11) is 0. The zero-order valence-corrected chi connectivity index (χ0v) is 19.4. The molecule has 176 valence electrons. The Morgan fingerprint density at radius 2 is 1.44 bits per heavy atom. The molecule has 4 rings (SSSR count). The highest BCUT2D eigenvalue weighted by Crippen LogP contribution is 2.37. The number of likely N-dealkylation sites (tertiary alicyclic amines) is 1. The van der Waals surface area contributed by atoms with Crippen molar-refractivity contribution in [1.29, 1.82) is 0 Å². The molecule has 0 aromatic heterocycles. The van der Waals surface area contributed by atoms with E-state index < -0.39 is 5.41 Å². The summed E-state index contributed by atoms with van der Waals surface area (Å²) in [5.74, 6) is 1.21. The molecule has 6 heteroatoms. The zero-order valence-electron chi connectivity index (χ0n) is 19.4. The van der Waals surface area contributed by atoms with E-state index in [1.165, 1.54) is 0 Å². The van der Waals surface area contributed by atoms with Gasteiger partial charge in [-0.05, 0) is 61.7 Å². The lowest BCUT2D eigenvalue weighted by molar-refractivity contribution is -0.152. The van der Waals surface area contributed by atoms with E-state index in [1.54, 1.807) is 0 Å². The molecule has 0 aliphatic carbocycles. The molecule has 0 atom stereocenters. The summed E-state index contributed by atoms with van der Waals surface area (Å²) in [6.45, 7) is 3.75. The maximum Gasteiger partial charge on any atom is 0.316 e. The molecule has 1 N–H and O–H groups in total. The van der Waals surface area contributed by atoms with Gasteiger partial charge in [-0.1, -0.05) is 48.5 Å². The van der Waals surface area contributed by atoms with Gasteiger partial charge in [0.15, 0.2) is 0 Å². The Morgan fingerprint density at radius 3 is 2.06 bits per heavy atom. The van der Waals surface area contributed by atoms with E-state index in [1.807, 2.05) is 91.9 Å². The molecule has 6 nitrogen and oxygen atoms in total. The number of esters is 1. The number of piperidine rings is 1. The first kappa shape index (κ1) is 23.5. The fraction of sp³-hybridized carbons (Fsp3) is 0.286. The van der Waals surface area contributed by atoms with Crippen LogP contribution in [-0.2, 0) is 19.7 Å². The van der Waals surface area contributed by atoms with Crippen LogP contribution in [0.15, 0.2) is 84.9 Å². The first-order valence-corrected chi connectivity index (χ1v) is 11.7. The van der Waals surface area contributed by atoms with Crippen LogP contribution in [0.3, 0.4) is 0 Å². The van der Waals surface area contributed by atoms with E-state index in [-0.39, 0.29) is 18.4 Å². The molecule has 0 radical (unpaired) electrons. The number of hydrogen-bond acceptors (Lipinski definition) is 5. The van der Waals surface area contributed by atoms with Gasteiger partial charge in [0.1, 0.15) is 11.5 Å². The first-order chi connectivity index (χ1) is 16.6. The van der Waals surface area contributed by atoms with Crippen LogP contribution in [0.1, 0.15) is 25.3 Å². The highest BCUT2D eigenvalue weighted by Gasteiger charge is 2.44. The van der Waals surface area contributed by atoms with Crippen LogP contribution in [0.2, 0.25) is 0 Å². The number of hydrogen-bond donors (Lipinski definition) is 1. The lowest BCUT2D eigenvalue weighted by Gasteiger charge is -2.40. The predicted octanol–water partition coefficient (Wildman–Crippen LogP) is 5.01. The summed E-state index contributed by atoms with van der Waals surface area (Å²) in [5.41, 5.74) is 1.04. The molecule has 1 amide bonds. The fourth-order valence-electron chi connectivity index (χ4n) is 4.36. The molecule has 0 unspecified atom stereocenters. The number of carbonyl (C=O) groups is 2. The molecule has 1 aliphatic heterocycles. The van der Waals surface area contributed by atoms with E-state index in [0.29, 0.717) is 44.0 Å². The smallest absolute Gasteiger partial charge is 0.316 e. The Bertz CT molecular complexity index is 1080. The van der Waals surface area contributed by atoms with E-state index in [0.717, 1.165) is 11.3 Å². The van der Waals surface area contributed by atoms with Crippen LogP contribution >= 0.6 is 0 Å². The van der Waals surface area contributed by atoms with Crippen molar-refractivity contribution in [2.75, 3.05) is 31.6 Å². The lowest BCUT2D eigenvalue weighted by Crippen LogP contribution is -2.49. The third-order valence-corrected chi connectivity index (χ3v) is 6.19. The van der Waals surface area contributed by atoms with Crippen molar-refractivity contribution in [3.8, 4) is 11.5 Å². The molecular formula is C28H30N2O4. The number of nitrogens with zero attached hydrogens (tertiary/aromatic N) is 1. The van der Waals surface area contributed by atoms with Crippen LogP contribution in [0, 0.1) is 0 Å². The average Bonchev–Trinajstić information content (AvgIpc) is 2.87. The highest BCUT2D eigenvalue weighted by atomic mass is 16.5. The normalized spacial score (nSPS) is 15.3. The van der Waals surface area contributed by atoms with Gasteiger partial charge >= 0.3 is 5.97 Å². The van der Waals surface area contributed by atoms with Crippen molar-refractivity contribution in [3.63, 3.8) is 0 Å². The first-order valence-electron chi connectivity index (χ1n) is 11.7. The van der Waals surface area contributed by atoms with E-state index in [2.05, 4.69) is 10.2 Å². The molecule has 0 bridgehead atoms. The Kier molecular flexibility index (Phi) is 7.60. The number of anilines is 1. The van der Waals surface area contributed by atoms with E-state index in [9.17, 15) is 9.59 Å². The van der Waals surface area contributed by atoms with Gasteiger partial charge in [-0.3, -0.25) is 14.5 Å². The van der Waals surface area contributed by atoms with Crippen molar-refractivity contribution in [1.82, 2.24) is 4.90 Å². The molecule has 34 heavy (non-hydrogen) atoms. The topological polar surface area (TPSA) is 67.9 Å². The number of nitrogens with one attached hydrogen (secondary N) is 1. The number of para-hydroxylation sites is 1. The second-order valence-corrected chi connectivity index (χ2v) is 8.43. The minimum Gasteiger partial charge on any atom is -0.465 e. The molecule has 1 heterocycles. The second-order valence-electron chi connectivity index (χ2n) is 8.43. The standard InChI is InChI=1S/C28H30N2O4/c1-2-33-27(32)28(22-9-5-3-6-10-22)17-19-30(20-18-28)21-26(31)29-23-13-15-25(16-14-23)34-24-11-7-4-8-12-24/h3-16H,2,17-21H2,1H3,(H,29,31). The Labute approximate surface area is 200 Å². The number of rotatable bonds is 8. The molecule has 1 saturated heterocycles. The van der Waals surface area contributed by atoms with Gasteiger partial charge in [-0.25, -0.2) is 0 Å².